The smallest absolute Gasteiger partial charge is 0.338 e. The predicted molar refractivity (Wildman–Crippen MR) is 72.0 cm³/mol. The van der Waals surface area contributed by atoms with Gasteiger partial charge in [0.2, 0.25) is 0 Å². The zero-order valence-corrected chi connectivity index (χ0v) is 11.7. The highest BCUT2D eigenvalue weighted by molar-refractivity contribution is 7.16. The fraction of sp³-hybridized carbons (Fsp3) is 0.500. The molecule has 0 saturated carbocycles. The standard InChI is InChI=1S/C12H17NO5S/c1-3-8-6-9(12(15)16)11(19-8)13-10(14)7-18-5-4-17-2/h6H,3-5,7H2,1-2H3,(H,13,14)(H,15,16). The van der Waals surface area contributed by atoms with Crippen LogP contribution in [0.3, 0.4) is 0 Å². The number of aromatic carboxylic acids is 1. The lowest BCUT2D eigenvalue weighted by Crippen LogP contribution is -2.20. The molecule has 0 aliphatic rings. The molecule has 1 amide bonds. The molecule has 6 nitrogen and oxygen atoms in total. The van der Waals surface area contributed by atoms with E-state index in [4.69, 9.17) is 14.6 Å². The fourth-order valence-electron chi connectivity index (χ4n) is 1.34. The summed E-state index contributed by atoms with van der Waals surface area (Å²) >= 11 is 1.27. The maximum absolute atomic E-state index is 11.6. The second-order valence-electron chi connectivity index (χ2n) is 3.71. The maximum Gasteiger partial charge on any atom is 0.338 e. The van der Waals surface area contributed by atoms with Crippen LogP contribution < -0.4 is 5.32 Å². The second-order valence-corrected chi connectivity index (χ2v) is 4.84. The largest absolute Gasteiger partial charge is 0.478 e. The van der Waals surface area contributed by atoms with Crippen molar-refractivity contribution in [3.05, 3.63) is 16.5 Å². The van der Waals surface area contributed by atoms with Gasteiger partial charge in [-0.05, 0) is 12.5 Å². The number of carbonyl (C=O) groups is 2. The van der Waals surface area contributed by atoms with Gasteiger partial charge in [0.25, 0.3) is 5.91 Å². The van der Waals surface area contributed by atoms with E-state index in [1.54, 1.807) is 13.2 Å². The highest BCUT2D eigenvalue weighted by Crippen LogP contribution is 2.28. The number of rotatable bonds is 8. The molecule has 0 radical (unpaired) electrons. The summed E-state index contributed by atoms with van der Waals surface area (Å²) in [5.41, 5.74) is 0.118. The third-order valence-corrected chi connectivity index (χ3v) is 3.47. The van der Waals surface area contributed by atoms with Gasteiger partial charge in [-0.3, -0.25) is 4.79 Å². The van der Waals surface area contributed by atoms with Gasteiger partial charge in [-0.15, -0.1) is 11.3 Å². The Hall–Kier alpha value is -1.44. The van der Waals surface area contributed by atoms with Crippen molar-refractivity contribution in [1.29, 1.82) is 0 Å². The highest BCUT2D eigenvalue weighted by atomic mass is 32.1. The summed E-state index contributed by atoms with van der Waals surface area (Å²) in [6, 6.07) is 1.58. The summed E-state index contributed by atoms with van der Waals surface area (Å²) in [4.78, 5) is 23.5. The summed E-state index contributed by atoms with van der Waals surface area (Å²) in [5.74, 6) is -1.42. The fourth-order valence-corrected chi connectivity index (χ4v) is 2.34. The summed E-state index contributed by atoms with van der Waals surface area (Å²) in [6.07, 6.45) is 0.727. The van der Waals surface area contributed by atoms with Gasteiger partial charge in [0.15, 0.2) is 0 Å². The van der Waals surface area contributed by atoms with E-state index in [1.807, 2.05) is 6.92 Å². The third kappa shape index (κ3) is 4.98. The number of ether oxygens (including phenoxy) is 2. The van der Waals surface area contributed by atoms with Crippen LogP contribution >= 0.6 is 11.3 Å². The summed E-state index contributed by atoms with van der Waals surface area (Å²) in [5, 5.41) is 11.9. The van der Waals surface area contributed by atoms with E-state index in [2.05, 4.69) is 5.32 Å². The Labute approximate surface area is 115 Å². The van der Waals surface area contributed by atoms with E-state index < -0.39 is 5.97 Å². The number of methoxy groups -OCH3 is 1. The van der Waals surface area contributed by atoms with Crippen LogP contribution in [0.1, 0.15) is 22.2 Å². The van der Waals surface area contributed by atoms with Crippen molar-refractivity contribution in [3.63, 3.8) is 0 Å². The van der Waals surface area contributed by atoms with Crippen molar-refractivity contribution in [3.8, 4) is 0 Å². The van der Waals surface area contributed by atoms with Crippen LogP contribution in [0.2, 0.25) is 0 Å². The third-order valence-electron chi connectivity index (χ3n) is 2.28. The molecule has 0 spiro atoms. The minimum absolute atomic E-state index is 0.118. The summed E-state index contributed by atoms with van der Waals surface area (Å²) in [6.45, 7) is 2.53. The Morgan fingerprint density at radius 3 is 2.74 bits per heavy atom. The van der Waals surface area contributed by atoms with Gasteiger partial charge < -0.3 is 19.9 Å². The minimum atomic E-state index is -1.05. The molecule has 0 fully saturated rings. The molecule has 0 aliphatic carbocycles. The van der Waals surface area contributed by atoms with Crippen molar-refractivity contribution in [1.82, 2.24) is 0 Å². The van der Waals surface area contributed by atoms with E-state index in [1.165, 1.54) is 11.3 Å². The molecule has 0 aromatic carbocycles. The van der Waals surface area contributed by atoms with Gasteiger partial charge in [-0.1, -0.05) is 6.92 Å². The second kappa shape index (κ2) is 7.88. The summed E-state index contributed by atoms with van der Waals surface area (Å²) in [7, 11) is 1.54. The minimum Gasteiger partial charge on any atom is -0.478 e. The molecular formula is C12H17NO5S. The highest BCUT2D eigenvalue weighted by Gasteiger charge is 2.16. The molecule has 0 aliphatic heterocycles. The monoisotopic (exact) mass is 287 g/mol. The molecule has 2 N–H and O–H groups in total. The predicted octanol–water partition coefficient (Wildman–Crippen LogP) is 1.61. The molecule has 0 atom stereocenters. The van der Waals surface area contributed by atoms with E-state index >= 15 is 0 Å². The molecule has 1 rings (SSSR count). The first-order valence-corrected chi connectivity index (χ1v) is 6.62. The maximum atomic E-state index is 11.6. The average Bonchev–Trinajstić information content (AvgIpc) is 2.78. The van der Waals surface area contributed by atoms with Gasteiger partial charge in [-0.2, -0.15) is 0 Å². The van der Waals surface area contributed by atoms with Crippen molar-refractivity contribution in [2.24, 2.45) is 0 Å². The first-order valence-electron chi connectivity index (χ1n) is 5.81. The Kier molecular flexibility index (Phi) is 6.48. The Bertz CT molecular complexity index is 443. The molecule has 1 heterocycles. The lowest BCUT2D eigenvalue weighted by atomic mass is 10.2. The number of hydrogen-bond donors (Lipinski definition) is 2. The van der Waals surface area contributed by atoms with Crippen molar-refractivity contribution >= 4 is 28.2 Å². The van der Waals surface area contributed by atoms with Crippen LogP contribution in [0.4, 0.5) is 5.00 Å². The van der Waals surface area contributed by atoms with Crippen molar-refractivity contribution < 1.29 is 24.2 Å². The first kappa shape index (κ1) is 15.6. The van der Waals surface area contributed by atoms with Gasteiger partial charge in [0, 0.05) is 12.0 Å². The number of amides is 1. The number of carbonyl (C=O) groups excluding carboxylic acids is 1. The quantitative estimate of drug-likeness (QED) is 0.710. The van der Waals surface area contributed by atoms with E-state index in [0.29, 0.717) is 18.2 Å². The van der Waals surface area contributed by atoms with Crippen molar-refractivity contribution in [2.45, 2.75) is 13.3 Å². The zero-order chi connectivity index (χ0) is 14.3. The Balaban J connectivity index is 2.58. The summed E-state index contributed by atoms with van der Waals surface area (Å²) < 4.78 is 9.84. The first-order chi connectivity index (χ1) is 9.08. The van der Waals surface area contributed by atoms with Gasteiger partial charge in [0.1, 0.15) is 11.6 Å². The normalized spacial score (nSPS) is 10.4. The number of thiophene rings is 1. The van der Waals surface area contributed by atoms with Gasteiger partial charge in [0.05, 0.1) is 18.8 Å². The molecular weight excluding hydrogens is 270 g/mol. The van der Waals surface area contributed by atoms with Crippen LogP contribution in [0, 0.1) is 0 Å². The van der Waals surface area contributed by atoms with Gasteiger partial charge in [-0.25, -0.2) is 4.79 Å². The number of nitrogens with one attached hydrogen (secondary N) is 1. The van der Waals surface area contributed by atoms with Gasteiger partial charge >= 0.3 is 5.97 Å². The Morgan fingerprint density at radius 1 is 1.42 bits per heavy atom. The van der Waals surface area contributed by atoms with Crippen LogP contribution in [-0.4, -0.2) is 43.9 Å². The Morgan fingerprint density at radius 2 is 2.16 bits per heavy atom. The number of aryl methyl sites for hydroxylation is 1. The average molecular weight is 287 g/mol. The van der Waals surface area contributed by atoms with Crippen LogP contribution in [0.5, 0.6) is 0 Å². The van der Waals surface area contributed by atoms with Crippen LogP contribution in [0.25, 0.3) is 0 Å². The van der Waals surface area contributed by atoms with Crippen LogP contribution in [0.15, 0.2) is 6.07 Å². The molecule has 19 heavy (non-hydrogen) atoms. The molecule has 106 valence electrons. The SMILES string of the molecule is CCc1cc(C(=O)O)c(NC(=O)COCCOC)s1. The van der Waals surface area contributed by atoms with E-state index in [9.17, 15) is 9.59 Å². The van der Waals surface area contributed by atoms with Crippen molar-refractivity contribution in [2.75, 3.05) is 32.2 Å². The molecule has 0 bridgehead atoms. The molecule has 0 saturated heterocycles. The molecule has 1 aromatic heterocycles. The zero-order valence-electron chi connectivity index (χ0n) is 10.9. The number of anilines is 1. The molecule has 1 aromatic rings. The van der Waals surface area contributed by atoms with E-state index in [0.717, 1.165) is 11.3 Å². The van der Waals surface area contributed by atoms with Crippen LogP contribution in [-0.2, 0) is 20.7 Å². The topological polar surface area (TPSA) is 84.9 Å². The molecule has 0 unspecified atom stereocenters. The lowest BCUT2D eigenvalue weighted by Gasteiger charge is -2.05. The number of hydrogen-bond acceptors (Lipinski definition) is 5. The number of carboxylic acids is 1. The molecule has 7 heteroatoms. The van der Waals surface area contributed by atoms with E-state index in [-0.39, 0.29) is 18.1 Å². The lowest BCUT2D eigenvalue weighted by molar-refractivity contribution is -0.121. The number of carboxylic acid groups (broad SMARTS) is 1.